The third-order valence-electron chi connectivity index (χ3n) is 3.93. The minimum absolute atomic E-state index is 0.498. The quantitative estimate of drug-likeness (QED) is 0.402. The number of urea groups is 1. The summed E-state index contributed by atoms with van der Waals surface area (Å²) in [6, 6.07) is 10.7. The number of nitrogens with two attached hydrogens (primary N) is 1. The number of hydrogen-bond acceptors (Lipinski definition) is 5. The van der Waals surface area contributed by atoms with Crippen LogP contribution in [0.2, 0.25) is 0 Å². The number of carbonyl (C=O) groups is 1. The minimum atomic E-state index is -0.721. The van der Waals surface area contributed by atoms with E-state index in [9.17, 15) is 4.79 Å². The molecular formula is C20H25N3O4. The Morgan fingerprint density at radius 1 is 1.11 bits per heavy atom. The number of nitrogens with zero attached hydrogens (tertiary/aromatic N) is 1. The lowest BCUT2D eigenvalue weighted by atomic mass is 10.1. The molecule has 0 atom stereocenters. The number of amides is 2. The SMILES string of the molecule is COc1cc(/C=N/NC(N)=O)ccc1OCCCOc1cccc(C)c1C. The van der Waals surface area contributed by atoms with Gasteiger partial charge >= 0.3 is 6.03 Å². The number of primary amides is 1. The van der Waals surface area contributed by atoms with Gasteiger partial charge in [0.1, 0.15) is 5.75 Å². The highest BCUT2D eigenvalue weighted by molar-refractivity contribution is 5.82. The van der Waals surface area contributed by atoms with E-state index in [-0.39, 0.29) is 0 Å². The van der Waals surface area contributed by atoms with Gasteiger partial charge in [-0.1, -0.05) is 12.1 Å². The Balaban J connectivity index is 1.83. The molecule has 0 saturated carbocycles. The summed E-state index contributed by atoms with van der Waals surface area (Å²) in [7, 11) is 1.56. The van der Waals surface area contributed by atoms with Crippen molar-refractivity contribution in [3.63, 3.8) is 0 Å². The van der Waals surface area contributed by atoms with Gasteiger partial charge in [0.05, 0.1) is 26.5 Å². The van der Waals surface area contributed by atoms with E-state index in [1.165, 1.54) is 11.8 Å². The predicted molar refractivity (Wildman–Crippen MR) is 105 cm³/mol. The van der Waals surface area contributed by atoms with Crippen molar-refractivity contribution in [2.45, 2.75) is 20.3 Å². The molecular weight excluding hydrogens is 346 g/mol. The van der Waals surface area contributed by atoms with Crippen LogP contribution in [-0.2, 0) is 0 Å². The number of hydrogen-bond donors (Lipinski definition) is 2. The Labute approximate surface area is 159 Å². The zero-order valence-corrected chi connectivity index (χ0v) is 15.8. The highest BCUT2D eigenvalue weighted by Crippen LogP contribution is 2.27. The van der Waals surface area contributed by atoms with Crippen LogP contribution in [-0.4, -0.2) is 32.6 Å². The number of methoxy groups -OCH3 is 1. The van der Waals surface area contributed by atoms with Crippen molar-refractivity contribution in [1.29, 1.82) is 0 Å². The molecule has 2 amide bonds. The maximum atomic E-state index is 10.6. The average molecular weight is 371 g/mol. The van der Waals surface area contributed by atoms with E-state index >= 15 is 0 Å². The van der Waals surface area contributed by atoms with Gasteiger partial charge in [-0.25, -0.2) is 10.2 Å². The summed E-state index contributed by atoms with van der Waals surface area (Å²) < 4.78 is 16.9. The van der Waals surface area contributed by atoms with Gasteiger partial charge in [-0.2, -0.15) is 5.10 Å². The lowest BCUT2D eigenvalue weighted by Gasteiger charge is -2.13. The largest absolute Gasteiger partial charge is 0.493 e. The monoisotopic (exact) mass is 371 g/mol. The minimum Gasteiger partial charge on any atom is -0.493 e. The summed E-state index contributed by atoms with van der Waals surface area (Å²) in [5.74, 6) is 2.11. The molecule has 7 heteroatoms. The molecule has 0 saturated heterocycles. The van der Waals surface area contributed by atoms with Gasteiger partial charge in [-0.15, -0.1) is 0 Å². The fraction of sp³-hybridized carbons (Fsp3) is 0.300. The van der Waals surface area contributed by atoms with Gasteiger partial charge in [0.25, 0.3) is 0 Å². The van der Waals surface area contributed by atoms with E-state index in [2.05, 4.69) is 30.4 Å². The highest BCUT2D eigenvalue weighted by atomic mass is 16.5. The average Bonchev–Trinajstić information content (AvgIpc) is 2.65. The molecule has 0 heterocycles. The summed E-state index contributed by atoms with van der Waals surface area (Å²) in [4.78, 5) is 10.6. The second-order valence-corrected chi connectivity index (χ2v) is 5.89. The van der Waals surface area contributed by atoms with Crippen LogP contribution in [0.15, 0.2) is 41.5 Å². The first kappa shape index (κ1) is 20.1. The number of ether oxygens (including phenoxy) is 3. The van der Waals surface area contributed by atoms with Gasteiger partial charge in [-0.3, -0.25) is 0 Å². The molecule has 0 aliphatic carbocycles. The van der Waals surface area contributed by atoms with Crippen LogP contribution in [0.1, 0.15) is 23.1 Å². The van der Waals surface area contributed by atoms with Crippen LogP contribution in [0.3, 0.4) is 0 Å². The molecule has 0 radical (unpaired) electrons. The van der Waals surface area contributed by atoms with Gasteiger partial charge in [0.15, 0.2) is 11.5 Å². The Hall–Kier alpha value is -3.22. The number of hydrazone groups is 1. The highest BCUT2D eigenvalue weighted by Gasteiger charge is 2.06. The molecule has 0 aliphatic heterocycles. The van der Waals surface area contributed by atoms with Crippen LogP contribution in [0, 0.1) is 13.8 Å². The van der Waals surface area contributed by atoms with Crippen molar-refractivity contribution in [1.82, 2.24) is 5.43 Å². The van der Waals surface area contributed by atoms with Crippen molar-refractivity contribution in [2.75, 3.05) is 20.3 Å². The first-order chi connectivity index (χ1) is 13.0. The molecule has 0 aliphatic rings. The van der Waals surface area contributed by atoms with Crippen molar-refractivity contribution in [2.24, 2.45) is 10.8 Å². The van der Waals surface area contributed by atoms with Crippen LogP contribution in [0.5, 0.6) is 17.2 Å². The molecule has 0 spiro atoms. The summed E-state index contributed by atoms with van der Waals surface area (Å²) in [6.07, 6.45) is 2.21. The molecule has 0 aromatic heterocycles. The first-order valence-electron chi connectivity index (χ1n) is 8.59. The Bertz CT molecular complexity index is 806. The maximum absolute atomic E-state index is 10.6. The predicted octanol–water partition coefficient (Wildman–Crippen LogP) is 3.16. The molecule has 0 unspecified atom stereocenters. The number of aryl methyl sites for hydroxylation is 1. The normalized spacial score (nSPS) is 10.6. The Kier molecular flexibility index (Phi) is 7.49. The van der Waals surface area contributed by atoms with Gasteiger partial charge in [0, 0.05) is 6.42 Å². The van der Waals surface area contributed by atoms with Crippen LogP contribution in [0.4, 0.5) is 4.79 Å². The molecule has 27 heavy (non-hydrogen) atoms. The standard InChI is InChI=1S/C20H25N3O4/c1-14-6-4-7-17(15(14)2)26-10-5-11-27-18-9-8-16(12-19(18)25-3)13-22-23-20(21)24/h4,6-9,12-13H,5,10-11H2,1-3H3,(H3,21,23,24)/b22-13+. The smallest absolute Gasteiger partial charge is 0.332 e. The molecule has 144 valence electrons. The number of rotatable bonds is 9. The van der Waals surface area contributed by atoms with Crippen LogP contribution in [0.25, 0.3) is 0 Å². The van der Waals surface area contributed by atoms with Gasteiger partial charge in [0.2, 0.25) is 0 Å². The molecule has 3 N–H and O–H groups in total. The second-order valence-electron chi connectivity index (χ2n) is 5.89. The zero-order chi connectivity index (χ0) is 19.6. The topological polar surface area (TPSA) is 95.2 Å². The van der Waals surface area contributed by atoms with Gasteiger partial charge < -0.3 is 19.9 Å². The van der Waals surface area contributed by atoms with E-state index in [0.29, 0.717) is 24.7 Å². The van der Waals surface area contributed by atoms with E-state index in [4.69, 9.17) is 19.9 Å². The number of benzene rings is 2. The van der Waals surface area contributed by atoms with Crippen molar-refractivity contribution in [3.05, 3.63) is 53.1 Å². The van der Waals surface area contributed by atoms with E-state index in [1.54, 1.807) is 25.3 Å². The first-order valence-corrected chi connectivity index (χ1v) is 8.59. The van der Waals surface area contributed by atoms with E-state index in [0.717, 1.165) is 23.3 Å². The fourth-order valence-electron chi connectivity index (χ4n) is 2.36. The molecule has 7 nitrogen and oxygen atoms in total. The zero-order valence-electron chi connectivity index (χ0n) is 15.8. The van der Waals surface area contributed by atoms with Crippen molar-refractivity contribution in [3.8, 4) is 17.2 Å². The summed E-state index contributed by atoms with van der Waals surface area (Å²) >= 11 is 0. The third-order valence-corrected chi connectivity index (χ3v) is 3.93. The Morgan fingerprint density at radius 3 is 2.56 bits per heavy atom. The third kappa shape index (κ3) is 6.22. The number of carbonyl (C=O) groups excluding carboxylic acids is 1. The van der Waals surface area contributed by atoms with E-state index in [1.807, 2.05) is 12.1 Å². The molecule has 0 bridgehead atoms. The lowest BCUT2D eigenvalue weighted by molar-refractivity contribution is 0.239. The van der Waals surface area contributed by atoms with E-state index < -0.39 is 6.03 Å². The lowest BCUT2D eigenvalue weighted by Crippen LogP contribution is -2.24. The number of nitrogens with one attached hydrogen (secondary N) is 1. The Morgan fingerprint density at radius 2 is 1.85 bits per heavy atom. The fourth-order valence-corrected chi connectivity index (χ4v) is 2.36. The summed E-state index contributed by atoms with van der Waals surface area (Å²) in [6.45, 7) is 5.18. The summed E-state index contributed by atoms with van der Waals surface area (Å²) in [5, 5.41) is 3.71. The summed E-state index contributed by atoms with van der Waals surface area (Å²) in [5.41, 5.74) is 10.2. The molecule has 2 aromatic carbocycles. The molecule has 2 rings (SSSR count). The van der Waals surface area contributed by atoms with Gasteiger partial charge in [-0.05, 0) is 54.8 Å². The molecule has 2 aromatic rings. The van der Waals surface area contributed by atoms with Crippen molar-refractivity contribution >= 4 is 12.2 Å². The van der Waals surface area contributed by atoms with Crippen LogP contribution >= 0.6 is 0 Å². The molecule has 0 fully saturated rings. The maximum Gasteiger partial charge on any atom is 0.332 e. The van der Waals surface area contributed by atoms with Crippen molar-refractivity contribution < 1.29 is 19.0 Å². The van der Waals surface area contributed by atoms with Crippen LogP contribution < -0.4 is 25.4 Å². The second kappa shape index (κ2) is 10.1.